The van der Waals surface area contributed by atoms with Gasteiger partial charge >= 0.3 is 6.09 Å². The number of benzene rings is 2. The van der Waals surface area contributed by atoms with Crippen LogP contribution >= 0.6 is 0 Å². The number of ketones is 1. The van der Waals surface area contributed by atoms with Crippen LogP contribution in [0.1, 0.15) is 64.5 Å². The number of Topliss-reactive ketones (excluding diaryl/α,β-unsaturated/α-hetero) is 1. The lowest BCUT2D eigenvalue weighted by molar-refractivity contribution is -0.142. The normalized spacial score (nSPS) is 14.2. The van der Waals surface area contributed by atoms with Crippen LogP contribution in [-0.2, 0) is 16.0 Å². The first kappa shape index (κ1) is 28.6. The smallest absolute Gasteiger partial charge is 0.408 e. The monoisotopic (exact) mass is 520 g/mol. The minimum atomic E-state index is -1.27. The highest BCUT2D eigenvalue weighted by Crippen LogP contribution is 2.25. The number of carbonyl (C=O) groups excluding carboxylic acids is 2. The molecule has 202 valence electrons. The van der Waals surface area contributed by atoms with Gasteiger partial charge in [-0.15, -0.1) is 10.2 Å². The number of amides is 2. The molecular weight excluding hydrogens is 484 g/mol. The fourth-order valence-electron chi connectivity index (χ4n) is 4.68. The van der Waals surface area contributed by atoms with Crippen molar-refractivity contribution in [3.63, 3.8) is 0 Å². The summed E-state index contributed by atoms with van der Waals surface area (Å²) < 4.78 is 5.82. The van der Waals surface area contributed by atoms with E-state index in [1.165, 1.54) is 0 Å². The predicted octanol–water partition coefficient (Wildman–Crippen LogP) is 5.29. The van der Waals surface area contributed by atoms with Gasteiger partial charge in [0.1, 0.15) is 6.04 Å². The molecule has 0 saturated carbocycles. The molecule has 0 aliphatic heterocycles. The lowest BCUT2D eigenvalue weighted by Crippen LogP contribution is -2.57. The number of carbonyl (C=O) groups is 3. The van der Waals surface area contributed by atoms with Crippen LogP contribution in [0.2, 0.25) is 0 Å². The zero-order valence-electron chi connectivity index (χ0n) is 22.3. The summed E-state index contributed by atoms with van der Waals surface area (Å²) >= 11 is 0. The van der Waals surface area contributed by atoms with Gasteiger partial charge in [0.2, 0.25) is 17.6 Å². The number of rotatable bonds is 13. The molecule has 2 aromatic carbocycles. The van der Waals surface area contributed by atoms with Crippen LogP contribution in [0.3, 0.4) is 0 Å². The Morgan fingerprint density at radius 2 is 1.61 bits per heavy atom. The molecule has 1 unspecified atom stereocenters. The van der Waals surface area contributed by atoms with Crippen LogP contribution in [0.5, 0.6) is 0 Å². The molecule has 9 nitrogen and oxygen atoms in total. The van der Waals surface area contributed by atoms with Gasteiger partial charge in [-0.25, -0.2) is 4.79 Å². The summed E-state index contributed by atoms with van der Waals surface area (Å²) in [5.41, 5.74) is 1.60. The van der Waals surface area contributed by atoms with Crippen molar-refractivity contribution in [2.75, 3.05) is 0 Å². The zero-order chi connectivity index (χ0) is 27.7. The van der Waals surface area contributed by atoms with Crippen molar-refractivity contribution in [3.8, 4) is 11.5 Å². The van der Waals surface area contributed by atoms with Gasteiger partial charge < -0.3 is 14.8 Å². The fraction of sp³-hybridized carbons (Fsp3) is 0.414. The van der Waals surface area contributed by atoms with Crippen LogP contribution in [-0.4, -0.2) is 50.1 Å². The Balaban J connectivity index is 1.86. The van der Waals surface area contributed by atoms with Crippen LogP contribution in [0.15, 0.2) is 65.1 Å². The van der Waals surface area contributed by atoms with Crippen LogP contribution in [0, 0.1) is 5.92 Å². The van der Waals surface area contributed by atoms with Crippen molar-refractivity contribution >= 4 is 17.8 Å². The van der Waals surface area contributed by atoms with Crippen molar-refractivity contribution in [3.05, 3.63) is 72.1 Å². The third kappa shape index (κ3) is 7.06. The summed E-state index contributed by atoms with van der Waals surface area (Å²) in [5, 5.41) is 21.2. The lowest BCUT2D eigenvalue weighted by Gasteiger charge is -2.37. The Labute approximate surface area is 223 Å². The largest absolute Gasteiger partial charge is 0.465 e. The second-order valence-corrected chi connectivity index (χ2v) is 9.50. The van der Waals surface area contributed by atoms with E-state index in [9.17, 15) is 19.5 Å². The highest BCUT2D eigenvalue weighted by atomic mass is 16.4. The van der Waals surface area contributed by atoms with Gasteiger partial charge in [0.25, 0.3) is 5.91 Å². The molecule has 2 amide bonds. The second kappa shape index (κ2) is 13.5. The van der Waals surface area contributed by atoms with E-state index in [2.05, 4.69) is 15.5 Å². The van der Waals surface area contributed by atoms with Gasteiger partial charge in [0, 0.05) is 18.0 Å². The number of aromatic nitrogens is 2. The van der Waals surface area contributed by atoms with E-state index in [1.807, 2.05) is 81.4 Å². The maximum atomic E-state index is 13.6. The Morgan fingerprint density at radius 1 is 0.974 bits per heavy atom. The van der Waals surface area contributed by atoms with Gasteiger partial charge in [0.15, 0.2) is 0 Å². The van der Waals surface area contributed by atoms with Crippen molar-refractivity contribution in [1.82, 2.24) is 20.4 Å². The molecule has 4 atom stereocenters. The molecule has 0 spiro atoms. The quantitative estimate of drug-likeness (QED) is 0.293. The second-order valence-electron chi connectivity index (χ2n) is 9.50. The molecule has 1 heterocycles. The van der Waals surface area contributed by atoms with E-state index in [0.717, 1.165) is 22.4 Å². The zero-order valence-corrected chi connectivity index (χ0v) is 22.3. The Kier molecular flexibility index (Phi) is 10.2. The Hall–Kier alpha value is -4.01. The summed E-state index contributed by atoms with van der Waals surface area (Å²) in [6, 6.07) is 16.3. The molecule has 3 rings (SSSR count). The van der Waals surface area contributed by atoms with Gasteiger partial charge in [-0.2, -0.15) is 0 Å². The minimum Gasteiger partial charge on any atom is -0.465 e. The number of hydrogen-bond donors (Lipinski definition) is 2. The molecule has 38 heavy (non-hydrogen) atoms. The molecule has 3 aromatic rings. The van der Waals surface area contributed by atoms with E-state index < -0.39 is 35.9 Å². The van der Waals surface area contributed by atoms with Crippen LogP contribution < -0.4 is 5.32 Å². The summed E-state index contributed by atoms with van der Waals surface area (Å²) in [6.45, 7) is 7.39. The van der Waals surface area contributed by atoms with Gasteiger partial charge in [0.05, 0.1) is 6.04 Å². The standard InChI is InChI=1S/C29H36N4O5/c1-5-13-19(3)25(26(34)27(35)30-20(4)21-14-9-7-10-15-21)33(29(36)37)23(6-2)18-24-31-32-28(38-24)22-16-11-8-12-17-22/h7-12,14-17,19-20,23,25H,5-6,13,18H2,1-4H3,(H,30,35)(H,36,37)/t19?,20-,23+,25+/m1/s1. The minimum absolute atomic E-state index is 0.118. The predicted molar refractivity (Wildman–Crippen MR) is 143 cm³/mol. The average molecular weight is 521 g/mol. The van der Waals surface area contributed by atoms with E-state index >= 15 is 0 Å². The maximum absolute atomic E-state index is 13.6. The van der Waals surface area contributed by atoms with Crippen molar-refractivity contribution in [1.29, 1.82) is 0 Å². The molecule has 0 fully saturated rings. The molecule has 0 aliphatic carbocycles. The summed E-state index contributed by atoms with van der Waals surface area (Å²) in [5.74, 6) is -1.36. The maximum Gasteiger partial charge on any atom is 0.408 e. The first-order valence-corrected chi connectivity index (χ1v) is 13.0. The van der Waals surface area contributed by atoms with E-state index in [-0.39, 0.29) is 18.2 Å². The summed E-state index contributed by atoms with van der Waals surface area (Å²) in [4.78, 5) is 40.4. The van der Waals surface area contributed by atoms with Gasteiger partial charge in [-0.1, -0.05) is 75.7 Å². The molecule has 1 aromatic heterocycles. The van der Waals surface area contributed by atoms with Crippen molar-refractivity contribution < 1.29 is 23.9 Å². The van der Waals surface area contributed by atoms with E-state index in [4.69, 9.17) is 4.42 Å². The lowest BCUT2D eigenvalue weighted by atomic mass is 9.89. The highest BCUT2D eigenvalue weighted by molar-refractivity contribution is 6.38. The van der Waals surface area contributed by atoms with Crippen molar-refractivity contribution in [2.24, 2.45) is 5.92 Å². The molecule has 0 radical (unpaired) electrons. The first-order chi connectivity index (χ1) is 18.3. The summed E-state index contributed by atoms with van der Waals surface area (Å²) in [6.07, 6.45) is 0.552. The summed E-state index contributed by atoms with van der Waals surface area (Å²) in [7, 11) is 0. The molecular formula is C29H36N4O5. The third-order valence-corrected chi connectivity index (χ3v) is 6.71. The average Bonchev–Trinajstić information content (AvgIpc) is 3.39. The number of hydrogen-bond acceptors (Lipinski definition) is 6. The van der Waals surface area contributed by atoms with Crippen LogP contribution in [0.4, 0.5) is 4.79 Å². The Morgan fingerprint density at radius 3 is 2.18 bits per heavy atom. The molecule has 0 aliphatic rings. The molecule has 9 heteroatoms. The SMILES string of the molecule is CCCC(C)[C@@H](C(=O)C(=O)N[C@H](C)c1ccccc1)N(C(=O)O)[C@@H](CC)Cc1nnc(-c2ccccc2)o1. The topological polar surface area (TPSA) is 126 Å². The highest BCUT2D eigenvalue weighted by Gasteiger charge is 2.41. The number of nitrogens with one attached hydrogen (secondary N) is 1. The first-order valence-electron chi connectivity index (χ1n) is 13.0. The third-order valence-electron chi connectivity index (χ3n) is 6.71. The fourth-order valence-corrected chi connectivity index (χ4v) is 4.68. The van der Waals surface area contributed by atoms with Crippen LogP contribution in [0.25, 0.3) is 11.5 Å². The van der Waals surface area contributed by atoms with Crippen molar-refractivity contribution in [2.45, 2.75) is 71.5 Å². The molecule has 0 saturated heterocycles. The number of carboxylic acid groups (broad SMARTS) is 1. The molecule has 2 N–H and O–H groups in total. The molecule has 0 bridgehead atoms. The van der Waals surface area contributed by atoms with E-state index in [1.54, 1.807) is 6.92 Å². The van der Waals surface area contributed by atoms with Gasteiger partial charge in [-0.05, 0) is 43.4 Å². The number of nitrogens with zero attached hydrogens (tertiary/aromatic N) is 3. The van der Waals surface area contributed by atoms with Gasteiger partial charge in [-0.3, -0.25) is 14.5 Å². The van der Waals surface area contributed by atoms with E-state index in [0.29, 0.717) is 18.7 Å². The Bertz CT molecular complexity index is 1200.